The van der Waals surface area contributed by atoms with E-state index in [1.54, 1.807) is 0 Å². The fourth-order valence-electron chi connectivity index (χ4n) is 3.89. The molecule has 2 aliphatic rings. The number of hydrogen-bond acceptors (Lipinski definition) is 2. The molecule has 122 valence electrons. The molecule has 1 heterocycles. The van der Waals surface area contributed by atoms with E-state index in [0.29, 0.717) is 0 Å². The molecule has 2 N–H and O–H groups in total. The second kappa shape index (κ2) is 7.98. The Labute approximate surface area is 139 Å². The Hall–Kier alpha value is -1.06. The van der Waals surface area contributed by atoms with Gasteiger partial charge in [0.1, 0.15) is 0 Å². The maximum Gasteiger partial charge on any atom is 0.224 e. The van der Waals surface area contributed by atoms with Crippen LogP contribution in [0.25, 0.3) is 0 Å². The van der Waals surface area contributed by atoms with Gasteiger partial charge < -0.3 is 10.6 Å². The molecule has 1 aliphatic carbocycles. The van der Waals surface area contributed by atoms with Crippen molar-refractivity contribution < 1.29 is 4.79 Å². The van der Waals surface area contributed by atoms with Gasteiger partial charge in [-0.05, 0) is 37.8 Å². The first kappa shape index (κ1) is 17.3. The van der Waals surface area contributed by atoms with Gasteiger partial charge in [0, 0.05) is 18.5 Å². The van der Waals surface area contributed by atoms with Gasteiger partial charge in [0.05, 0.1) is 5.92 Å². The lowest BCUT2D eigenvalue weighted by Crippen LogP contribution is -2.45. The Morgan fingerprint density at radius 2 is 1.91 bits per heavy atom. The molecule has 0 spiro atoms. The molecule has 1 unspecified atom stereocenters. The van der Waals surface area contributed by atoms with Crippen LogP contribution in [-0.4, -0.2) is 25.5 Å². The summed E-state index contributed by atoms with van der Waals surface area (Å²) in [5.74, 6) is 0.400. The number of hydrogen-bond donors (Lipinski definition) is 2. The van der Waals surface area contributed by atoms with E-state index in [2.05, 4.69) is 41.0 Å². The van der Waals surface area contributed by atoms with Crippen molar-refractivity contribution in [1.29, 1.82) is 0 Å². The first-order valence-electron chi connectivity index (χ1n) is 8.34. The molecular formula is C18H27ClN2O. The molecule has 1 aromatic carbocycles. The zero-order valence-electron chi connectivity index (χ0n) is 13.1. The van der Waals surface area contributed by atoms with Crippen molar-refractivity contribution in [2.75, 3.05) is 19.6 Å². The van der Waals surface area contributed by atoms with Crippen LogP contribution >= 0.6 is 12.4 Å². The van der Waals surface area contributed by atoms with Gasteiger partial charge in [0.25, 0.3) is 0 Å². The summed E-state index contributed by atoms with van der Waals surface area (Å²) in [5, 5.41) is 6.58. The van der Waals surface area contributed by atoms with E-state index >= 15 is 0 Å². The Bertz CT molecular complexity index is 465. The van der Waals surface area contributed by atoms with Crippen LogP contribution < -0.4 is 10.6 Å². The van der Waals surface area contributed by atoms with Crippen molar-refractivity contribution in [1.82, 2.24) is 10.6 Å². The van der Waals surface area contributed by atoms with Gasteiger partial charge in [0.2, 0.25) is 5.91 Å². The first-order valence-corrected chi connectivity index (χ1v) is 8.34. The summed E-state index contributed by atoms with van der Waals surface area (Å²) in [6, 6.07) is 10.7. The minimum Gasteiger partial charge on any atom is -0.355 e. The Balaban J connectivity index is 0.00000176. The lowest BCUT2D eigenvalue weighted by Gasteiger charge is -2.31. The maximum absolute atomic E-state index is 12.4. The van der Waals surface area contributed by atoms with E-state index in [9.17, 15) is 4.79 Å². The highest BCUT2D eigenvalue weighted by Gasteiger charge is 2.36. The molecule has 3 rings (SSSR count). The monoisotopic (exact) mass is 322 g/mol. The number of carbonyl (C=O) groups excluding carboxylic acids is 1. The number of nitrogens with one attached hydrogen (secondary N) is 2. The second-order valence-electron chi connectivity index (χ2n) is 6.61. The third-order valence-electron chi connectivity index (χ3n) is 5.22. The normalized spacial score (nSPS) is 23.5. The average molecular weight is 323 g/mol. The molecule has 0 bridgehead atoms. The second-order valence-corrected chi connectivity index (χ2v) is 6.61. The zero-order chi connectivity index (χ0) is 14.5. The van der Waals surface area contributed by atoms with Crippen LogP contribution in [0.4, 0.5) is 0 Å². The summed E-state index contributed by atoms with van der Waals surface area (Å²) >= 11 is 0. The SMILES string of the molecule is Cl.O=C(NCC1(c2ccccc2)CCCC1)C1CCCNC1. The minimum absolute atomic E-state index is 0. The summed E-state index contributed by atoms with van der Waals surface area (Å²) < 4.78 is 0. The molecule has 1 atom stereocenters. The third kappa shape index (κ3) is 3.82. The quantitative estimate of drug-likeness (QED) is 0.894. The molecule has 0 aromatic heterocycles. The van der Waals surface area contributed by atoms with Gasteiger partial charge in [-0.3, -0.25) is 4.79 Å². The molecule has 1 amide bonds. The Morgan fingerprint density at radius 3 is 2.55 bits per heavy atom. The number of rotatable bonds is 4. The summed E-state index contributed by atoms with van der Waals surface area (Å²) in [7, 11) is 0. The zero-order valence-corrected chi connectivity index (χ0v) is 14.0. The van der Waals surface area contributed by atoms with Crippen LogP contribution in [0.5, 0.6) is 0 Å². The topological polar surface area (TPSA) is 41.1 Å². The number of carbonyl (C=O) groups is 1. The van der Waals surface area contributed by atoms with Crippen molar-refractivity contribution in [2.24, 2.45) is 5.92 Å². The average Bonchev–Trinajstić information content (AvgIpc) is 3.04. The van der Waals surface area contributed by atoms with Crippen molar-refractivity contribution in [3.8, 4) is 0 Å². The predicted octanol–water partition coefficient (Wildman–Crippen LogP) is 3.04. The Morgan fingerprint density at radius 1 is 1.18 bits per heavy atom. The molecule has 1 aliphatic heterocycles. The van der Waals surface area contributed by atoms with E-state index < -0.39 is 0 Å². The molecule has 4 heteroatoms. The summed E-state index contributed by atoms with van der Waals surface area (Å²) in [4.78, 5) is 12.4. The van der Waals surface area contributed by atoms with E-state index in [1.165, 1.54) is 31.2 Å². The molecule has 1 saturated heterocycles. The van der Waals surface area contributed by atoms with Gasteiger partial charge in [-0.15, -0.1) is 12.4 Å². The third-order valence-corrected chi connectivity index (χ3v) is 5.22. The molecule has 2 fully saturated rings. The highest BCUT2D eigenvalue weighted by atomic mass is 35.5. The number of benzene rings is 1. The van der Waals surface area contributed by atoms with Crippen molar-refractivity contribution in [3.63, 3.8) is 0 Å². The molecule has 1 saturated carbocycles. The van der Waals surface area contributed by atoms with Crippen LogP contribution in [0.3, 0.4) is 0 Å². The van der Waals surface area contributed by atoms with Crippen molar-refractivity contribution in [2.45, 2.75) is 43.9 Å². The van der Waals surface area contributed by atoms with Crippen LogP contribution in [0.2, 0.25) is 0 Å². The van der Waals surface area contributed by atoms with Gasteiger partial charge in [-0.1, -0.05) is 43.2 Å². The van der Waals surface area contributed by atoms with Gasteiger partial charge >= 0.3 is 0 Å². The maximum atomic E-state index is 12.4. The fraction of sp³-hybridized carbons (Fsp3) is 0.611. The molecule has 3 nitrogen and oxygen atoms in total. The van der Waals surface area contributed by atoms with Crippen LogP contribution in [0.15, 0.2) is 30.3 Å². The van der Waals surface area contributed by atoms with E-state index in [4.69, 9.17) is 0 Å². The predicted molar refractivity (Wildman–Crippen MR) is 92.4 cm³/mol. The summed E-state index contributed by atoms with van der Waals surface area (Å²) in [6.07, 6.45) is 7.07. The van der Waals surface area contributed by atoms with E-state index in [1.807, 2.05) is 0 Å². The molecule has 22 heavy (non-hydrogen) atoms. The number of halogens is 1. The van der Waals surface area contributed by atoms with Gasteiger partial charge in [-0.25, -0.2) is 0 Å². The lowest BCUT2D eigenvalue weighted by molar-refractivity contribution is -0.125. The molecule has 1 aromatic rings. The summed E-state index contributed by atoms with van der Waals surface area (Å²) in [5.41, 5.74) is 1.56. The molecular weight excluding hydrogens is 296 g/mol. The van der Waals surface area contributed by atoms with Gasteiger partial charge in [-0.2, -0.15) is 0 Å². The molecule has 0 radical (unpaired) electrons. The summed E-state index contributed by atoms with van der Waals surface area (Å²) in [6.45, 7) is 2.69. The highest BCUT2D eigenvalue weighted by Crippen LogP contribution is 2.40. The first-order chi connectivity index (χ1) is 10.3. The number of piperidine rings is 1. The standard InChI is InChI=1S/C18H26N2O.ClH/c21-17(15-7-6-12-19-13-15)20-14-18(10-4-5-11-18)16-8-2-1-3-9-16;/h1-3,8-9,15,19H,4-7,10-14H2,(H,20,21);1H. The van der Waals surface area contributed by atoms with E-state index in [0.717, 1.165) is 32.5 Å². The van der Waals surface area contributed by atoms with Crippen molar-refractivity contribution in [3.05, 3.63) is 35.9 Å². The fourth-order valence-corrected chi connectivity index (χ4v) is 3.89. The van der Waals surface area contributed by atoms with Gasteiger partial charge in [0.15, 0.2) is 0 Å². The number of amides is 1. The largest absolute Gasteiger partial charge is 0.355 e. The van der Waals surface area contributed by atoms with E-state index in [-0.39, 0.29) is 29.6 Å². The van der Waals surface area contributed by atoms with Crippen LogP contribution in [0.1, 0.15) is 44.1 Å². The lowest BCUT2D eigenvalue weighted by atomic mass is 9.78. The minimum atomic E-state index is 0. The van der Waals surface area contributed by atoms with Crippen molar-refractivity contribution >= 4 is 18.3 Å². The van der Waals surface area contributed by atoms with Crippen LogP contribution in [0, 0.1) is 5.92 Å². The smallest absolute Gasteiger partial charge is 0.224 e. The Kier molecular flexibility index (Phi) is 6.27. The highest BCUT2D eigenvalue weighted by molar-refractivity contribution is 5.85. The van der Waals surface area contributed by atoms with Crippen LogP contribution in [-0.2, 0) is 10.2 Å².